The van der Waals surface area contributed by atoms with Crippen LogP contribution in [0.25, 0.3) is 0 Å². The minimum atomic E-state index is -3.43. The summed E-state index contributed by atoms with van der Waals surface area (Å²) in [6, 6.07) is -0.0475. The Labute approximate surface area is 94.9 Å². The Balaban J connectivity index is 2.09. The normalized spacial score (nSPS) is 26.8. The zero-order chi connectivity index (χ0) is 11.6. The van der Waals surface area contributed by atoms with Gasteiger partial charge >= 0.3 is 0 Å². The van der Waals surface area contributed by atoms with E-state index < -0.39 is 10.0 Å². The summed E-state index contributed by atoms with van der Waals surface area (Å²) in [7, 11) is -3.43. The number of rotatable bonds is 3. The maximum absolute atomic E-state index is 11.9. The van der Waals surface area contributed by atoms with Crippen molar-refractivity contribution in [2.75, 3.05) is 13.1 Å². The Kier molecular flexibility index (Phi) is 3.27. The van der Waals surface area contributed by atoms with Crippen LogP contribution < -0.4 is 10.0 Å². The Bertz CT molecular complexity index is 428. The zero-order valence-electron chi connectivity index (χ0n) is 9.10. The molecule has 3 N–H and O–H groups in total. The summed E-state index contributed by atoms with van der Waals surface area (Å²) in [5.41, 5.74) is 0. The molecule has 16 heavy (non-hydrogen) atoms. The monoisotopic (exact) mass is 244 g/mol. The smallest absolute Gasteiger partial charge is 0.243 e. The molecule has 6 nitrogen and oxygen atoms in total. The minimum Gasteiger partial charge on any atom is -0.315 e. The van der Waals surface area contributed by atoms with Gasteiger partial charge in [-0.1, -0.05) is 6.92 Å². The molecule has 2 rings (SSSR count). The predicted molar refractivity (Wildman–Crippen MR) is 59.3 cm³/mol. The molecule has 0 saturated carbocycles. The van der Waals surface area contributed by atoms with Crippen molar-refractivity contribution >= 4 is 10.0 Å². The first-order valence-electron chi connectivity index (χ1n) is 5.31. The summed E-state index contributed by atoms with van der Waals surface area (Å²) in [4.78, 5) is 0.185. The Morgan fingerprint density at radius 2 is 2.38 bits per heavy atom. The number of aromatic amines is 1. The van der Waals surface area contributed by atoms with Gasteiger partial charge in [-0.25, -0.2) is 13.1 Å². The second-order valence-corrected chi connectivity index (χ2v) is 5.85. The fourth-order valence-corrected chi connectivity index (χ4v) is 3.05. The van der Waals surface area contributed by atoms with Crippen LogP contribution in [0.5, 0.6) is 0 Å². The van der Waals surface area contributed by atoms with Crippen LogP contribution in [-0.4, -0.2) is 37.7 Å². The first-order chi connectivity index (χ1) is 7.59. The average Bonchev–Trinajstić information content (AvgIpc) is 2.75. The SMILES string of the molecule is CC1CCNCC1NS(=O)(=O)c1cn[nH]c1. The molecular weight excluding hydrogens is 228 g/mol. The van der Waals surface area contributed by atoms with Gasteiger partial charge in [0.2, 0.25) is 10.0 Å². The summed E-state index contributed by atoms with van der Waals surface area (Å²) in [6.45, 7) is 3.69. The first-order valence-corrected chi connectivity index (χ1v) is 6.80. The Morgan fingerprint density at radius 3 is 3.00 bits per heavy atom. The second-order valence-electron chi connectivity index (χ2n) is 4.13. The maximum atomic E-state index is 11.9. The van der Waals surface area contributed by atoms with E-state index in [-0.39, 0.29) is 10.9 Å². The number of piperidine rings is 1. The van der Waals surface area contributed by atoms with Gasteiger partial charge in [0.25, 0.3) is 0 Å². The van der Waals surface area contributed by atoms with Gasteiger partial charge in [-0.3, -0.25) is 5.10 Å². The Hall–Kier alpha value is -0.920. The standard InChI is InChI=1S/C9H16N4O2S/c1-7-2-3-10-6-9(7)13-16(14,15)8-4-11-12-5-8/h4-5,7,9-10,13H,2-3,6H2,1H3,(H,11,12). The number of H-pyrrole nitrogens is 1. The number of nitrogens with zero attached hydrogens (tertiary/aromatic N) is 1. The molecule has 0 radical (unpaired) electrons. The first kappa shape index (κ1) is 11.6. The molecule has 2 atom stereocenters. The molecule has 90 valence electrons. The third kappa shape index (κ3) is 2.42. The zero-order valence-corrected chi connectivity index (χ0v) is 9.92. The van der Waals surface area contributed by atoms with E-state index in [0.717, 1.165) is 13.0 Å². The minimum absolute atomic E-state index is 0.0475. The van der Waals surface area contributed by atoms with Gasteiger partial charge in [0, 0.05) is 18.8 Å². The molecule has 0 aromatic carbocycles. The van der Waals surface area contributed by atoms with Crippen LogP contribution in [0.1, 0.15) is 13.3 Å². The molecule has 1 aromatic rings. The van der Waals surface area contributed by atoms with Gasteiger partial charge in [-0.2, -0.15) is 5.10 Å². The van der Waals surface area contributed by atoms with E-state index in [9.17, 15) is 8.42 Å². The lowest BCUT2D eigenvalue weighted by molar-refractivity contribution is 0.327. The molecule has 2 unspecified atom stereocenters. The second kappa shape index (κ2) is 4.52. The molecule has 2 heterocycles. The van der Waals surface area contributed by atoms with E-state index in [1.807, 2.05) is 0 Å². The number of nitrogens with one attached hydrogen (secondary N) is 3. The molecular formula is C9H16N4O2S. The highest BCUT2D eigenvalue weighted by Crippen LogP contribution is 2.14. The summed E-state index contributed by atoms with van der Waals surface area (Å²) >= 11 is 0. The van der Waals surface area contributed by atoms with Crippen molar-refractivity contribution in [3.63, 3.8) is 0 Å². The summed E-state index contributed by atoms with van der Waals surface area (Å²) in [6.07, 6.45) is 3.67. The van der Waals surface area contributed by atoms with Crippen molar-refractivity contribution < 1.29 is 8.42 Å². The largest absolute Gasteiger partial charge is 0.315 e. The van der Waals surface area contributed by atoms with Crippen molar-refractivity contribution in [2.24, 2.45) is 5.92 Å². The van der Waals surface area contributed by atoms with E-state index in [0.29, 0.717) is 12.5 Å². The molecule has 0 spiro atoms. The summed E-state index contributed by atoms with van der Waals surface area (Å²) < 4.78 is 26.5. The van der Waals surface area contributed by atoms with Gasteiger partial charge in [-0.15, -0.1) is 0 Å². The van der Waals surface area contributed by atoms with Gasteiger partial charge in [0.1, 0.15) is 4.90 Å². The molecule has 1 saturated heterocycles. The van der Waals surface area contributed by atoms with Crippen molar-refractivity contribution in [1.82, 2.24) is 20.2 Å². The van der Waals surface area contributed by atoms with E-state index in [1.54, 1.807) is 0 Å². The number of hydrogen-bond donors (Lipinski definition) is 3. The molecule has 0 amide bonds. The lowest BCUT2D eigenvalue weighted by atomic mass is 9.96. The quantitative estimate of drug-likeness (QED) is 0.680. The molecule has 1 aliphatic rings. The fraction of sp³-hybridized carbons (Fsp3) is 0.667. The highest BCUT2D eigenvalue weighted by molar-refractivity contribution is 7.89. The maximum Gasteiger partial charge on any atom is 0.243 e. The highest BCUT2D eigenvalue weighted by Gasteiger charge is 2.26. The molecule has 1 aliphatic heterocycles. The van der Waals surface area contributed by atoms with Crippen LogP contribution in [0.2, 0.25) is 0 Å². The van der Waals surface area contributed by atoms with Crippen molar-refractivity contribution in [2.45, 2.75) is 24.3 Å². The number of hydrogen-bond acceptors (Lipinski definition) is 4. The Morgan fingerprint density at radius 1 is 1.56 bits per heavy atom. The van der Waals surface area contributed by atoms with Gasteiger partial charge in [-0.05, 0) is 18.9 Å². The molecule has 1 aromatic heterocycles. The number of sulfonamides is 1. The third-order valence-corrected chi connectivity index (χ3v) is 4.37. The van der Waals surface area contributed by atoms with Crippen LogP contribution in [0, 0.1) is 5.92 Å². The van der Waals surface area contributed by atoms with Crippen molar-refractivity contribution in [3.05, 3.63) is 12.4 Å². The summed E-state index contributed by atoms with van der Waals surface area (Å²) in [5.74, 6) is 0.350. The van der Waals surface area contributed by atoms with E-state index >= 15 is 0 Å². The van der Waals surface area contributed by atoms with Crippen LogP contribution in [0.4, 0.5) is 0 Å². The molecule has 7 heteroatoms. The van der Waals surface area contributed by atoms with E-state index in [1.165, 1.54) is 12.4 Å². The van der Waals surface area contributed by atoms with Gasteiger partial charge in [0.15, 0.2) is 0 Å². The van der Waals surface area contributed by atoms with Crippen LogP contribution in [0.3, 0.4) is 0 Å². The molecule has 0 bridgehead atoms. The predicted octanol–water partition coefficient (Wildman–Crippen LogP) is -0.314. The molecule has 0 aliphatic carbocycles. The van der Waals surface area contributed by atoms with Crippen molar-refractivity contribution in [1.29, 1.82) is 0 Å². The highest BCUT2D eigenvalue weighted by atomic mass is 32.2. The van der Waals surface area contributed by atoms with Gasteiger partial charge < -0.3 is 5.32 Å². The molecule has 1 fully saturated rings. The van der Waals surface area contributed by atoms with Crippen LogP contribution in [0.15, 0.2) is 17.3 Å². The van der Waals surface area contributed by atoms with E-state index in [2.05, 4.69) is 27.2 Å². The fourth-order valence-electron chi connectivity index (χ4n) is 1.80. The third-order valence-electron chi connectivity index (χ3n) is 2.92. The van der Waals surface area contributed by atoms with Crippen LogP contribution in [-0.2, 0) is 10.0 Å². The number of aromatic nitrogens is 2. The van der Waals surface area contributed by atoms with Crippen molar-refractivity contribution in [3.8, 4) is 0 Å². The lowest BCUT2D eigenvalue weighted by Gasteiger charge is -2.29. The van der Waals surface area contributed by atoms with E-state index in [4.69, 9.17) is 0 Å². The average molecular weight is 244 g/mol. The van der Waals surface area contributed by atoms with Gasteiger partial charge in [0.05, 0.1) is 6.20 Å². The van der Waals surface area contributed by atoms with Crippen LogP contribution >= 0.6 is 0 Å². The topological polar surface area (TPSA) is 86.9 Å². The lowest BCUT2D eigenvalue weighted by Crippen LogP contribution is -2.50. The summed E-state index contributed by atoms with van der Waals surface area (Å²) in [5, 5.41) is 9.32.